The van der Waals surface area contributed by atoms with Crippen molar-refractivity contribution in [1.29, 1.82) is 0 Å². The summed E-state index contributed by atoms with van der Waals surface area (Å²) in [7, 11) is 0. The van der Waals surface area contributed by atoms with E-state index < -0.39 is 0 Å². The molecule has 1 aliphatic heterocycles. The quantitative estimate of drug-likeness (QED) is 0.917. The zero-order chi connectivity index (χ0) is 12.4. The maximum atomic E-state index is 5.72. The summed E-state index contributed by atoms with van der Waals surface area (Å²) in [6, 6.07) is 4.04. The standard InChI is InChI=1S/C13H18N4S/c14-8-11-4-1-5-17-12(15-16-13(11)17)7-10-3-2-6-18-9-10/h1,4-5,10H,2-3,6-9,14H2. The summed E-state index contributed by atoms with van der Waals surface area (Å²) >= 11 is 2.06. The number of hydrogen-bond donors (Lipinski definition) is 1. The number of aromatic nitrogens is 3. The van der Waals surface area contributed by atoms with E-state index in [0.29, 0.717) is 6.54 Å². The van der Waals surface area contributed by atoms with Gasteiger partial charge in [0.05, 0.1) is 0 Å². The SMILES string of the molecule is NCc1cccn2c(CC3CCCSC3)nnc12. The van der Waals surface area contributed by atoms with E-state index in [0.717, 1.165) is 29.4 Å². The van der Waals surface area contributed by atoms with Crippen LogP contribution in [0, 0.1) is 5.92 Å². The molecule has 0 amide bonds. The maximum absolute atomic E-state index is 5.72. The fourth-order valence-corrected chi connectivity index (χ4v) is 3.70. The van der Waals surface area contributed by atoms with Crippen molar-refractivity contribution in [3.8, 4) is 0 Å². The first-order valence-corrected chi connectivity index (χ1v) is 7.63. The normalized spacial score (nSPS) is 20.4. The molecule has 1 aliphatic rings. The van der Waals surface area contributed by atoms with Crippen LogP contribution in [0.15, 0.2) is 18.3 Å². The third kappa shape index (κ3) is 2.24. The van der Waals surface area contributed by atoms with Gasteiger partial charge in [-0.05, 0) is 36.3 Å². The highest BCUT2D eigenvalue weighted by Gasteiger charge is 2.17. The van der Waals surface area contributed by atoms with Crippen molar-refractivity contribution in [3.63, 3.8) is 0 Å². The number of fused-ring (bicyclic) bond motifs is 1. The number of pyridine rings is 1. The first-order chi connectivity index (χ1) is 8.88. The molecular formula is C13H18N4S. The Labute approximate surface area is 111 Å². The van der Waals surface area contributed by atoms with Crippen LogP contribution in [0.1, 0.15) is 24.2 Å². The van der Waals surface area contributed by atoms with Gasteiger partial charge < -0.3 is 5.73 Å². The van der Waals surface area contributed by atoms with Crippen LogP contribution in [0.25, 0.3) is 5.65 Å². The minimum Gasteiger partial charge on any atom is -0.326 e. The van der Waals surface area contributed by atoms with Gasteiger partial charge in [-0.25, -0.2) is 0 Å². The summed E-state index contributed by atoms with van der Waals surface area (Å²) in [5.41, 5.74) is 7.70. The van der Waals surface area contributed by atoms with Gasteiger partial charge in [-0.3, -0.25) is 4.40 Å². The number of nitrogens with two attached hydrogens (primary N) is 1. The Morgan fingerprint density at radius 1 is 1.44 bits per heavy atom. The Bertz CT molecular complexity index is 531. The summed E-state index contributed by atoms with van der Waals surface area (Å²) in [5, 5.41) is 8.63. The monoisotopic (exact) mass is 262 g/mol. The molecule has 4 nitrogen and oxygen atoms in total. The van der Waals surface area contributed by atoms with Crippen molar-refractivity contribution >= 4 is 17.4 Å². The molecule has 0 aliphatic carbocycles. The molecule has 3 heterocycles. The largest absolute Gasteiger partial charge is 0.326 e. The number of thioether (sulfide) groups is 1. The average molecular weight is 262 g/mol. The van der Waals surface area contributed by atoms with Crippen LogP contribution in [0.2, 0.25) is 0 Å². The van der Waals surface area contributed by atoms with Gasteiger partial charge in [0.2, 0.25) is 0 Å². The predicted octanol–water partition coefficient (Wildman–Crippen LogP) is 1.87. The molecule has 1 atom stereocenters. The van der Waals surface area contributed by atoms with Gasteiger partial charge in [-0.2, -0.15) is 11.8 Å². The van der Waals surface area contributed by atoms with Crippen molar-refractivity contribution in [2.75, 3.05) is 11.5 Å². The second-order valence-corrected chi connectivity index (χ2v) is 5.98. The molecule has 18 heavy (non-hydrogen) atoms. The highest BCUT2D eigenvalue weighted by Crippen LogP contribution is 2.25. The highest BCUT2D eigenvalue weighted by molar-refractivity contribution is 7.99. The molecule has 2 N–H and O–H groups in total. The lowest BCUT2D eigenvalue weighted by atomic mass is 10.0. The Morgan fingerprint density at radius 2 is 2.39 bits per heavy atom. The smallest absolute Gasteiger partial charge is 0.165 e. The Morgan fingerprint density at radius 3 is 3.17 bits per heavy atom. The lowest BCUT2D eigenvalue weighted by Crippen LogP contribution is -2.15. The minimum atomic E-state index is 0.516. The Balaban J connectivity index is 1.88. The van der Waals surface area contributed by atoms with Gasteiger partial charge in [0.1, 0.15) is 5.82 Å². The van der Waals surface area contributed by atoms with E-state index in [2.05, 4.69) is 26.4 Å². The fraction of sp³-hybridized carbons (Fsp3) is 0.538. The zero-order valence-electron chi connectivity index (χ0n) is 10.4. The van der Waals surface area contributed by atoms with E-state index in [-0.39, 0.29) is 0 Å². The molecule has 0 radical (unpaired) electrons. The number of rotatable bonds is 3. The second kappa shape index (κ2) is 5.28. The third-order valence-corrected chi connectivity index (χ3v) is 4.82. The number of hydrogen-bond acceptors (Lipinski definition) is 4. The van der Waals surface area contributed by atoms with E-state index in [1.54, 1.807) is 0 Å². The molecule has 1 unspecified atom stereocenters. The molecule has 0 aromatic carbocycles. The second-order valence-electron chi connectivity index (χ2n) is 4.83. The molecule has 1 saturated heterocycles. The third-order valence-electron chi connectivity index (χ3n) is 3.53. The van der Waals surface area contributed by atoms with Gasteiger partial charge in [-0.15, -0.1) is 10.2 Å². The molecule has 1 fully saturated rings. The Hall–Kier alpha value is -1.07. The molecule has 0 bridgehead atoms. The molecule has 2 aromatic heterocycles. The average Bonchev–Trinajstić information content (AvgIpc) is 2.83. The maximum Gasteiger partial charge on any atom is 0.165 e. The van der Waals surface area contributed by atoms with Crippen molar-refractivity contribution < 1.29 is 0 Å². The van der Waals surface area contributed by atoms with Crippen molar-refractivity contribution in [2.24, 2.45) is 11.7 Å². The molecule has 3 rings (SSSR count). The lowest BCUT2D eigenvalue weighted by molar-refractivity contribution is 0.506. The zero-order valence-corrected chi connectivity index (χ0v) is 11.2. The predicted molar refractivity (Wildman–Crippen MR) is 74.6 cm³/mol. The minimum absolute atomic E-state index is 0.516. The summed E-state index contributed by atoms with van der Waals surface area (Å²) in [6.07, 6.45) is 5.72. The molecule has 5 heteroatoms. The fourth-order valence-electron chi connectivity index (χ4n) is 2.54. The lowest BCUT2D eigenvalue weighted by Gasteiger charge is -2.20. The summed E-state index contributed by atoms with van der Waals surface area (Å²) < 4.78 is 2.10. The molecule has 0 spiro atoms. The molecular weight excluding hydrogens is 244 g/mol. The molecule has 2 aromatic rings. The summed E-state index contributed by atoms with van der Waals surface area (Å²) in [6.45, 7) is 0.516. The summed E-state index contributed by atoms with van der Waals surface area (Å²) in [5.74, 6) is 4.39. The van der Waals surface area contributed by atoms with E-state index in [1.807, 2.05) is 18.3 Å². The van der Waals surface area contributed by atoms with Gasteiger partial charge in [0, 0.05) is 24.7 Å². The van der Waals surface area contributed by atoms with Crippen LogP contribution in [-0.2, 0) is 13.0 Å². The first kappa shape index (κ1) is 12.0. The van der Waals surface area contributed by atoms with E-state index in [9.17, 15) is 0 Å². The van der Waals surface area contributed by atoms with Gasteiger partial charge in [0.15, 0.2) is 5.65 Å². The van der Waals surface area contributed by atoms with E-state index >= 15 is 0 Å². The summed E-state index contributed by atoms with van der Waals surface area (Å²) in [4.78, 5) is 0. The van der Waals surface area contributed by atoms with Crippen LogP contribution < -0.4 is 5.73 Å². The van der Waals surface area contributed by atoms with E-state index in [1.165, 1.54) is 24.3 Å². The van der Waals surface area contributed by atoms with Gasteiger partial charge in [-0.1, -0.05) is 6.07 Å². The van der Waals surface area contributed by atoms with Crippen LogP contribution in [0.5, 0.6) is 0 Å². The van der Waals surface area contributed by atoms with Crippen molar-refractivity contribution in [2.45, 2.75) is 25.8 Å². The van der Waals surface area contributed by atoms with Crippen molar-refractivity contribution in [1.82, 2.24) is 14.6 Å². The topological polar surface area (TPSA) is 56.2 Å². The first-order valence-electron chi connectivity index (χ1n) is 6.48. The number of nitrogens with zero attached hydrogens (tertiary/aromatic N) is 3. The molecule has 96 valence electrons. The van der Waals surface area contributed by atoms with Gasteiger partial charge in [0.25, 0.3) is 0 Å². The van der Waals surface area contributed by atoms with E-state index in [4.69, 9.17) is 5.73 Å². The molecule has 0 saturated carbocycles. The van der Waals surface area contributed by atoms with Crippen LogP contribution in [0.3, 0.4) is 0 Å². The highest BCUT2D eigenvalue weighted by atomic mass is 32.2. The van der Waals surface area contributed by atoms with Gasteiger partial charge >= 0.3 is 0 Å². The van der Waals surface area contributed by atoms with Crippen molar-refractivity contribution in [3.05, 3.63) is 29.7 Å². The van der Waals surface area contributed by atoms with Crippen LogP contribution >= 0.6 is 11.8 Å². The Kier molecular flexibility index (Phi) is 3.52. The van der Waals surface area contributed by atoms with Crippen LogP contribution in [0.4, 0.5) is 0 Å². The van der Waals surface area contributed by atoms with Crippen LogP contribution in [-0.4, -0.2) is 26.1 Å².